The minimum absolute atomic E-state index is 0.0637. The number of benzene rings is 1. The summed E-state index contributed by atoms with van der Waals surface area (Å²) in [6.07, 6.45) is 6.65. The van der Waals surface area contributed by atoms with Crippen molar-refractivity contribution >= 4 is 24.6 Å². The Labute approximate surface area is 240 Å². The van der Waals surface area contributed by atoms with E-state index in [4.69, 9.17) is 4.74 Å². The minimum Gasteiger partial charge on any atom is -0.385 e. The van der Waals surface area contributed by atoms with Crippen molar-refractivity contribution in [1.82, 2.24) is 19.7 Å². The van der Waals surface area contributed by atoms with E-state index in [1.807, 2.05) is 51.4 Å². The van der Waals surface area contributed by atoms with Crippen molar-refractivity contribution < 1.29 is 9.53 Å². The number of nitrogens with one attached hydrogen (secondary N) is 1. The third-order valence-corrected chi connectivity index (χ3v) is 7.11. The van der Waals surface area contributed by atoms with E-state index in [-0.39, 0.29) is 5.57 Å². The van der Waals surface area contributed by atoms with Gasteiger partial charge in [-0.3, -0.25) is 4.79 Å². The second kappa shape index (κ2) is 15.3. The largest absolute Gasteiger partial charge is 0.385 e. The van der Waals surface area contributed by atoms with Gasteiger partial charge in [-0.25, -0.2) is 0 Å². The molecule has 1 N–H and O–H groups in total. The molecule has 1 fully saturated rings. The van der Waals surface area contributed by atoms with Crippen molar-refractivity contribution in [2.75, 3.05) is 46.9 Å². The van der Waals surface area contributed by atoms with Gasteiger partial charge in [-0.2, -0.15) is 5.26 Å². The maximum atomic E-state index is 12.8. The summed E-state index contributed by atoms with van der Waals surface area (Å²) in [5.41, 5.74) is 3.58. The maximum Gasteiger partial charge on any atom is 0.262 e. The number of hydrogen-bond acceptors (Lipinski definition) is 5. The molecular weight excluding hydrogens is 498 g/mol. The van der Waals surface area contributed by atoms with Gasteiger partial charge in [0.15, 0.2) is 0 Å². The van der Waals surface area contributed by atoms with Crippen molar-refractivity contribution in [1.29, 1.82) is 5.26 Å². The SMILES string of the molecule is C=c1cc(-c2ccc(/C=C(\C#N)C(=O)NC(C)(C)CCOC)n2C)cc/c1=C/C(=C\C)N1CCN(C)CC1.CC. The monoisotopic (exact) mass is 545 g/mol. The maximum absolute atomic E-state index is 12.8. The second-order valence-electron chi connectivity index (χ2n) is 10.5. The molecule has 0 saturated carbocycles. The Morgan fingerprint density at radius 1 is 1.15 bits per heavy atom. The number of piperazine rings is 1. The molecular formula is C33H47N5O2. The number of rotatable bonds is 9. The standard InChI is InChI=1S/C31H41N5O2.C2H6/c1-8-27(36-16-14-34(5)15-17-36)20-24-9-10-25(19-23(24)2)29-12-11-28(35(29)6)21-26(22-32)30(37)33-31(3,4)13-18-38-7;1-2/h8-12,19-21H,2,13-18H2,1,3-7H3,(H,33,37);1-2H3/b24-20-,26-21+,27-8+;. The Morgan fingerprint density at radius 3 is 2.40 bits per heavy atom. The van der Waals surface area contributed by atoms with Gasteiger partial charge in [0.05, 0.1) is 0 Å². The van der Waals surface area contributed by atoms with Crippen molar-refractivity contribution in [3.05, 3.63) is 63.8 Å². The summed E-state index contributed by atoms with van der Waals surface area (Å²) >= 11 is 0. The van der Waals surface area contributed by atoms with Crippen molar-refractivity contribution in [3.8, 4) is 17.3 Å². The number of aromatic nitrogens is 1. The molecule has 1 aromatic carbocycles. The van der Waals surface area contributed by atoms with E-state index in [0.29, 0.717) is 13.0 Å². The average molecular weight is 546 g/mol. The zero-order valence-corrected chi connectivity index (χ0v) is 25.7. The van der Waals surface area contributed by atoms with Crippen LogP contribution in [0.2, 0.25) is 0 Å². The average Bonchev–Trinajstić information content (AvgIpc) is 3.30. The lowest BCUT2D eigenvalue weighted by Crippen LogP contribution is -2.44. The number of ether oxygens (including phenoxy) is 1. The normalized spacial score (nSPS) is 15.4. The third-order valence-electron chi connectivity index (χ3n) is 7.11. The van der Waals surface area contributed by atoms with Crippen LogP contribution in [0.5, 0.6) is 0 Å². The van der Waals surface area contributed by atoms with E-state index >= 15 is 0 Å². The Morgan fingerprint density at radius 2 is 1.82 bits per heavy atom. The van der Waals surface area contributed by atoms with Crippen LogP contribution in [0.1, 0.15) is 46.7 Å². The molecule has 0 spiro atoms. The van der Waals surface area contributed by atoms with Crippen LogP contribution in [0, 0.1) is 11.3 Å². The first-order chi connectivity index (χ1) is 19.1. The van der Waals surface area contributed by atoms with Gasteiger partial charge in [-0.15, -0.1) is 0 Å². The fraction of sp³-hybridized carbons (Fsp3) is 0.455. The summed E-state index contributed by atoms with van der Waals surface area (Å²) in [6.45, 7) is 18.9. The Kier molecular flexibility index (Phi) is 12.4. The summed E-state index contributed by atoms with van der Waals surface area (Å²) < 4.78 is 7.11. The predicted octanol–water partition coefficient (Wildman–Crippen LogP) is 3.90. The summed E-state index contributed by atoms with van der Waals surface area (Å²) in [7, 11) is 5.72. The van der Waals surface area contributed by atoms with Crippen LogP contribution in [0.15, 0.2) is 47.7 Å². The molecule has 2 heterocycles. The van der Waals surface area contributed by atoms with Crippen LogP contribution in [0.3, 0.4) is 0 Å². The molecule has 2 aromatic rings. The molecule has 1 aliphatic rings. The minimum atomic E-state index is -0.483. The number of methoxy groups -OCH3 is 1. The zero-order valence-electron chi connectivity index (χ0n) is 25.7. The molecule has 0 atom stereocenters. The van der Waals surface area contributed by atoms with Gasteiger partial charge < -0.3 is 24.4 Å². The highest BCUT2D eigenvalue weighted by Crippen LogP contribution is 2.22. The smallest absolute Gasteiger partial charge is 0.262 e. The lowest BCUT2D eigenvalue weighted by molar-refractivity contribution is -0.118. The molecule has 1 amide bonds. The zero-order chi connectivity index (χ0) is 29.9. The number of allylic oxidation sites excluding steroid dienone is 2. The first-order valence-corrected chi connectivity index (χ1v) is 14.1. The highest BCUT2D eigenvalue weighted by Gasteiger charge is 2.22. The quantitative estimate of drug-likeness (QED) is 0.382. The molecule has 1 saturated heterocycles. The van der Waals surface area contributed by atoms with Gasteiger partial charge >= 0.3 is 0 Å². The van der Waals surface area contributed by atoms with Crippen LogP contribution in [-0.4, -0.2) is 72.8 Å². The fourth-order valence-electron chi connectivity index (χ4n) is 4.54. The molecule has 7 heteroatoms. The number of nitriles is 1. The fourth-order valence-corrected chi connectivity index (χ4v) is 4.54. The van der Waals surface area contributed by atoms with E-state index in [1.54, 1.807) is 13.2 Å². The van der Waals surface area contributed by atoms with E-state index in [1.165, 1.54) is 5.70 Å². The molecule has 216 valence electrons. The van der Waals surface area contributed by atoms with Crippen molar-refractivity contribution in [2.24, 2.45) is 7.05 Å². The number of carbonyl (C=O) groups excluding carboxylic acids is 1. The van der Waals surface area contributed by atoms with E-state index in [2.05, 4.69) is 72.1 Å². The van der Waals surface area contributed by atoms with Crippen LogP contribution < -0.4 is 15.8 Å². The highest BCUT2D eigenvalue weighted by molar-refractivity contribution is 6.02. The molecule has 1 aromatic heterocycles. The van der Waals surface area contributed by atoms with Gasteiger partial charge in [0.1, 0.15) is 11.6 Å². The van der Waals surface area contributed by atoms with Gasteiger partial charge in [0.2, 0.25) is 0 Å². The lowest BCUT2D eigenvalue weighted by atomic mass is 10.0. The number of amides is 1. The third kappa shape index (κ3) is 8.70. The van der Waals surface area contributed by atoms with E-state index < -0.39 is 11.4 Å². The molecule has 0 bridgehead atoms. The van der Waals surface area contributed by atoms with Crippen molar-refractivity contribution in [2.45, 2.75) is 46.6 Å². The topological polar surface area (TPSA) is 73.5 Å². The Bertz CT molecular complexity index is 1350. The summed E-state index contributed by atoms with van der Waals surface area (Å²) in [4.78, 5) is 17.6. The van der Waals surface area contributed by atoms with E-state index in [0.717, 1.165) is 53.6 Å². The first kappa shape index (κ1) is 32.6. The van der Waals surface area contributed by atoms with Gasteiger partial charge in [-0.1, -0.05) is 38.6 Å². The number of nitrogens with zero attached hydrogens (tertiary/aromatic N) is 4. The lowest BCUT2D eigenvalue weighted by Gasteiger charge is -2.34. The van der Waals surface area contributed by atoms with E-state index in [9.17, 15) is 10.1 Å². The van der Waals surface area contributed by atoms with Crippen molar-refractivity contribution in [3.63, 3.8) is 0 Å². The van der Waals surface area contributed by atoms with Crippen LogP contribution >= 0.6 is 0 Å². The molecule has 0 aliphatic carbocycles. The first-order valence-electron chi connectivity index (χ1n) is 14.1. The molecule has 3 rings (SSSR count). The molecule has 1 aliphatic heterocycles. The number of carbonyl (C=O) groups is 1. The number of likely N-dealkylation sites (N-methyl/N-ethyl adjacent to an activating group) is 1. The second-order valence-corrected chi connectivity index (χ2v) is 10.5. The van der Waals surface area contributed by atoms with Gasteiger partial charge in [0, 0.05) is 69.6 Å². The van der Waals surface area contributed by atoms with Crippen LogP contribution in [0.25, 0.3) is 30.0 Å². The molecule has 0 unspecified atom stereocenters. The predicted molar refractivity (Wildman–Crippen MR) is 167 cm³/mol. The Balaban J connectivity index is 0.00000274. The van der Waals surface area contributed by atoms with Crippen LogP contribution in [0.4, 0.5) is 0 Å². The molecule has 7 nitrogen and oxygen atoms in total. The highest BCUT2D eigenvalue weighted by atomic mass is 16.5. The molecule has 40 heavy (non-hydrogen) atoms. The Hall–Kier alpha value is -3.60. The number of hydrogen-bond donors (Lipinski definition) is 1. The molecule has 0 radical (unpaired) electrons. The van der Waals surface area contributed by atoms with Gasteiger partial charge in [-0.05, 0) is 80.6 Å². The van der Waals surface area contributed by atoms with Gasteiger partial charge in [0.25, 0.3) is 5.91 Å². The van der Waals surface area contributed by atoms with Crippen LogP contribution in [-0.2, 0) is 16.6 Å². The summed E-state index contributed by atoms with van der Waals surface area (Å²) in [5.74, 6) is -0.392. The summed E-state index contributed by atoms with van der Waals surface area (Å²) in [6, 6.07) is 12.3. The summed E-state index contributed by atoms with van der Waals surface area (Å²) in [5, 5.41) is 14.7.